The summed E-state index contributed by atoms with van der Waals surface area (Å²) in [5.74, 6) is -0.274. The summed E-state index contributed by atoms with van der Waals surface area (Å²) in [6.07, 6.45) is -1.36. The molecule has 8 heteroatoms. The van der Waals surface area contributed by atoms with Crippen molar-refractivity contribution in [3.8, 4) is 11.3 Å². The Hall–Kier alpha value is -3.03. The van der Waals surface area contributed by atoms with Gasteiger partial charge in [-0.25, -0.2) is 8.78 Å². The predicted octanol–water partition coefficient (Wildman–Crippen LogP) is 3.00. The van der Waals surface area contributed by atoms with Crippen LogP contribution in [0.15, 0.2) is 36.4 Å². The van der Waals surface area contributed by atoms with Gasteiger partial charge in [0.1, 0.15) is 11.4 Å². The predicted molar refractivity (Wildman–Crippen MR) is 100 cm³/mol. The Morgan fingerprint density at radius 3 is 2.43 bits per heavy atom. The number of alkyl halides is 2. The quantitative estimate of drug-likeness (QED) is 0.697. The van der Waals surface area contributed by atoms with Crippen molar-refractivity contribution in [1.29, 1.82) is 0 Å². The van der Waals surface area contributed by atoms with E-state index in [1.807, 2.05) is 42.1 Å². The Labute approximate surface area is 161 Å². The van der Waals surface area contributed by atoms with Crippen LogP contribution in [0.25, 0.3) is 11.3 Å². The fourth-order valence-corrected chi connectivity index (χ4v) is 3.77. The highest BCUT2D eigenvalue weighted by molar-refractivity contribution is 5.92. The average molecular weight is 385 g/mol. The van der Waals surface area contributed by atoms with E-state index in [0.717, 1.165) is 22.5 Å². The maximum atomic E-state index is 12.9. The summed E-state index contributed by atoms with van der Waals surface area (Å²) in [5, 5.41) is 8.44. The van der Waals surface area contributed by atoms with Crippen molar-refractivity contribution in [3.63, 3.8) is 0 Å². The molecule has 0 atom stereocenters. The molecule has 0 saturated heterocycles. The molecule has 1 aliphatic rings. The van der Waals surface area contributed by atoms with E-state index in [-0.39, 0.29) is 17.3 Å². The number of aromatic nitrogens is 4. The molecule has 0 spiro atoms. The van der Waals surface area contributed by atoms with Gasteiger partial charge < -0.3 is 4.90 Å². The van der Waals surface area contributed by atoms with Gasteiger partial charge in [-0.2, -0.15) is 10.2 Å². The number of nitrogens with zero attached hydrogens (tertiary/aromatic N) is 5. The first kappa shape index (κ1) is 18.3. The number of carbonyl (C=O) groups is 1. The molecule has 3 heterocycles. The van der Waals surface area contributed by atoms with Crippen LogP contribution in [-0.4, -0.2) is 43.5 Å². The van der Waals surface area contributed by atoms with Gasteiger partial charge in [0, 0.05) is 50.4 Å². The highest BCUT2D eigenvalue weighted by atomic mass is 19.3. The molecule has 0 unspecified atom stereocenters. The molecule has 1 aromatic carbocycles. The van der Waals surface area contributed by atoms with Crippen LogP contribution in [0.5, 0.6) is 0 Å². The molecule has 0 radical (unpaired) electrons. The van der Waals surface area contributed by atoms with E-state index in [4.69, 9.17) is 0 Å². The molecular formula is C20H21F2N5O. The standard InChI is InChI=1S/C20H21F2N5O/c1-25-16-9-11-27(20(28)17-12-15(19(21)22)23-26(17)2)10-8-14(16)18(24-25)13-6-4-3-5-7-13/h3-7,12,19H,8-11H2,1-2H3. The molecule has 2 aromatic heterocycles. The minimum absolute atomic E-state index is 0.183. The molecule has 3 aromatic rings. The lowest BCUT2D eigenvalue weighted by Gasteiger charge is -2.20. The highest BCUT2D eigenvalue weighted by Crippen LogP contribution is 2.28. The van der Waals surface area contributed by atoms with E-state index in [2.05, 4.69) is 10.2 Å². The van der Waals surface area contributed by atoms with Crippen LogP contribution in [0, 0.1) is 0 Å². The van der Waals surface area contributed by atoms with Crippen molar-refractivity contribution in [1.82, 2.24) is 24.5 Å². The fourth-order valence-electron chi connectivity index (χ4n) is 3.77. The van der Waals surface area contributed by atoms with Crippen LogP contribution < -0.4 is 0 Å². The molecule has 146 valence electrons. The maximum absolute atomic E-state index is 12.9. The van der Waals surface area contributed by atoms with Gasteiger partial charge in [0.2, 0.25) is 0 Å². The summed E-state index contributed by atoms with van der Waals surface area (Å²) in [7, 11) is 3.43. The van der Waals surface area contributed by atoms with Crippen molar-refractivity contribution in [2.24, 2.45) is 14.1 Å². The van der Waals surface area contributed by atoms with Crippen LogP contribution in [0.4, 0.5) is 8.78 Å². The second-order valence-electron chi connectivity index (χ2n) is 6.93. The molecule has 0 saturated carbocycles. The van der Waals surface area contributed by atoms with Gasteiger partial charge in [-0.05, 0) is 12.5 Å². The lowest BCUT2D eigenvalue weighted by Crippen LogP contribution is -2.34. The van der Waals surface area contributed by atoms with E-state index in [1.165, 1.54) is 17.8 Å². The largest absolute Gasteiger partial charge is 0.337 e. The van der Waals surface area contributed by atoms with E-state index >= 15 is 0 Å². The normalized spacial score (nSPS) is 14.2. The van der Waals surface area contributed by atoms with Crippen LogP contribution in [0.1, 0.15) is 33.9 Å². The SMILES string of the molecule is Cn1nc(C(F)F)cc1C(=O)N1CCc2c(-c3ccccc3)nn(C)c2CC1. The Morgan fingerprint density at radius 2 is 1.75 bits per heavy atom. The molecule has 1 aliphatic heterocycles. The van der Waals surface area contributed by atoms with Crippen LogP contribution in [-0.2, 0) is 26.9 Å². The van der Waals surface area contributed by atoms with Gasteiger partial charge in [0.25, 0.3) is 12.3 Å². The molecule has 0 aliphatic carbocycles. The Morgan fingerprint density at radius 1 is 1.04 bits per heavy atom. The van der Waals surface area contributed by atoms with Crippen molar-refractivity contribution in [2.45, 2.75) is 19.3 Å². The van der Waals surface area contributed by atoms with Gasteiger partial charge in [0.05, 0.1) is 5.69 Å². The number of fused-ring (bicyclic) bond motifs is 1. The summed E-state index contributed by atoms with van der Waals surface area (Å²) in [6, 6.07) is 11.2. The van der Waals surface area contributed by atoms with Crippen LogP contribution >= 0.6 is 0 Å². The zero-order valence-electron chi connectivity index (χ0n) is 15.8. The van der Waals surface area contributed by atoms with E-state index < -0.39 is 6.43 Å². The first-order valence-corrected chi connectivity index (χ1v) is 9.17. The van der Waals surface area contributed by atoms with Crippen molar-refractivity contribution in [3.05, 3.63) is 59.0 Å². The van der Waals surface area contributed by atoms with Gasteiger partial charge in [-0.15, -0.1) is 0 Å². The minimum atomic E-state index is -2.69. The number of aryl methyl sites for hydroxylation is 2. The zero-order chi connectivity index (χ0) is 19.8. The van der Waals surface area contributed by atoms with E-state index in [0.29, 0.717) is 25.9 Å². The number of amides is 1. The molecule has 0 fully saturated rings. The van der Waals surface area contributed by atoms with Crippen LogP contribution in [0.2, 0.25) is 0 Å². The van der Waals surface area contributed by atoms with E-state index in [9.17, 15) is 13.6 Å². The molecule has 0 bridgehead atoms. The smallest absolute Gasteiger partial charge is 0.282 e. The summed E-state index contributed by atoms with van der Waals surface area (Å²) < 4.78 is 28.9. The number of hydrogen-bond acceptors (Lipinski definition) is 3. The third kappa shape index (κ3) is 3.19. The maximum Gasteiger partial charge on any atom is 0.282 e. The number of rotatable bonds is 3. The minimum Gasteiger partial charge on any atom is -0.337 e. The van der Waals surface area contributed by atoms with Crippen molar-refractivity contribution >= 4 is 5.91 Å². The van der Waals surface area contributed by atoms with Gasteiger partial charge in [-0.1, -0.05) is 30.3 Å². The van der Waals surface area contributed by atoms with Crippen molar-refractivity contribution in [2.75, 3.05) is 13.1 Å². The molecule has 28 heavy (non-hydrogen) atoms. The first-order chi connectivity index (χ1) is 13.5. The number of carbonyl (C=O) groups excluding carboxylic acids is 1. The van der Waals surface area contributed by atoms with E-state index in [1.54, 1.807) is 4.90 Å². The van der Waals surface area contributed by atoms with Crippen molar-refractivity contribution < 1.29 is 13.6 Å². The number of benzene rings is 1. The lowest BCUT2D eigenvalue weighted by atomic mass is 10.0. The zero-order valence-corrected chi connectivity index (χ0v) is 15.8. The molecule has 1 amide bonds. The highest BCUT2D eigenvalue weighted by Gasteiger charge is 2.27. The first-order valence-electron chi connectivity index (χ1n) is 9.17. The molecule has 4 rings (SSSR count). The monoisotopic (exact) mass is 385 g/mol. The third-order valence-corrected chi connectivity index (χ3v) is 5.20. The second-order valence-corrected chi connectivity index (χ2v) is 6.93. The van der Waals surface area contributed by atoms with Gasteiger partial charge >= 0.3 is 0 Å². The average Bonchev–Trinajstić information content (AvgIpc) is 3.13. The Bertz CT molecular complexity index is 1010. The lowest BCUT2D eigenvalue weighted by molar-refractivity contribution is 0.0751. The molecular weight excluding hydrogens is 364 g/mol. The van der Waals surface area contributed by atoms with Gasteiger partial charge in [-0.3, -0.25) is 14.2 Å². The topological polar surface area (TPSA) is 56.0 Å². The molecule has 6 nitrogen and oxygen atoms in total. The fraction of sp³-hybridized carbons (Fsp3) is 0.350. The Balaban J connectivity index is 1.59. The third-order valence-electron chi connectivity index (χ3n) is 5.20. The number of halogens is 2. The van der Waals surface area contributed by atoms with Crippen LogP contribution in [0.3, 0.4) is 0 Å². The Kier molecular flexibility index (Phi) is 4.70. The summed E-state index contributed by atoms with van der Waals surface area (Å²) >= 11 is 0. The molecule has 0 N–H and O–H groups in total. The second kappa shape index (κ2) is 7.18. The van der Waals surface area contributed by atoms with Gasteiger partial charge in [0.15, 0.2) is 0 Å². The summed E-state index contributed by atoms with van der Waals surface area (Å²) in [5.41, 5.74) is 4.04. The number of hydrogen-bond donors (Lipinski definition) is 0. The summed E-state index contributed by atoms with van der Waals surface area (Å²) in [6.45, 7) is 1.02. The summed E-state index contributed by atoms with van der Waals surface area (Å²) in [4.78, 5) is 14.6.